The SMILES string of the molecule is NC(=O)C1CCCN1Cc1cccc(NC(=O)N[C@@H]2c3ccccc3C[C@@H]2O)c1. The molecule has 4 rings (SSSR count). The van der Waals surface area contributed by atoms with Crippen LogP contribution in [0.2, 0.25) is 0 Å². The summed E-state index contributed by atoms with van der Waals surface area (Å²) in [7, 11) is 0. The summed E-state index contributed by atoms with van der Waals surface area (Å²) in [6, 6.07) is 14.3. The molecule has 0 radical (unpaired) electrons. The summed E-state index contributed by atoms with van der Waals surface area (Å²) in [6.07, 6.45) is 1.65. The number of aliphatic hydroxyl groups excluding tert-OH is 1. The number of nitrogens with zero attached hydrogens (tertiary/aromatic N) is 1. The molecule has 2 aromatic rings. The van der Waals surface area contributed by atoms with Gasteiger partial charge in [-0.25, -0.2) is 4.79 Å². The van der Waals surface area contributed by atoms with Gasteiger partial charge in [0.25, 0.3) is 0 Å². The van der Waals surface area contributed by atoms with Crippen molar-refractivity contribution in [2.75, 3.05) is 11.9 Å². The average Bonchev–Trinajstić information content (AvgIpc) is 3.27. The summed E-state index contributed by atoms with van der Waals surface area (Å²) in [4.78, 5) is 26.2. The first kappa shape index (κ1) is 19.4. The van der Waals surface area contributed by atoms with Crippen molar-refractivity contribution in [3.05, 3.63) is 65.2 Å². The maximum Gasteiger partial charge on any atom is 0.319 e. The Hall–Kier alpha value is -2.90. The largest absolute Gasteiger partial charge is 0.390 e. The molecule has 1 aliphatic carbocycles. The van der Waals surface area contributed by atoms with E-state index in [1.165, 1.54) is 0 Å². The first-order valence-corrected chi connectivity index (χ1v) is 9.97. The van der Waals surface area contributed by atoms with Gasteiger partial charge in [-0.2, -0.15) is 0 Å². The molecule has 1 unspecified atom stereocenters. The highest BCUT2D eigenvalue weighted by Gasteiger charge is 2.32. The molecule has 5 N–H and O–H groups in total. The lowest BCUT2D eigenvalue weighted by Crippen LogP contribution is -2.39. The van der Waals surface area contributed by atoms with Crippen molar-refractivity contribution >= 4 is 17.6 Å². The van der Waals surface area contributed by atoms with Crippen molar-refractivity contribution in [1.29, 1.82) is 0 Å². The third-order valence-corrected chi connectivity index (χ3v) is 5.75. The van der Waals surface area contributed by atoms with Gasteiger partial charge < -0.3 is 21.5 Å². The van der Waals surface area contributed by atoms with Gasteiger partial charge in [0.15, 0.2) is 0 Å². The molecular weight excluding hydrogens is 368 g/mol. The summed E-state index contributed by atoms with van der Waals surface area (Å²) >= 11 is 0. The lowest BCUT2D eigenvalue weighted by molar-refractivity contribution is -0.122. The smallest absolute Gasteiger partial charge is 0.319 e. The summed E-state index contributed by atoms with van der Waals surface area (Å²) in [5.41, 5.74) is 9.17. The number of fused-ring (bicyclic) bond motifs is 1. The van der Waals surface area contributed by atoms with E-state index in [0.717, 1.165) is 36.1 Å². The number of nitrogens with two attached hydrogens (primary N) is 1. The van der Waals surface area contributed by atoms with E-state index >= 15 is 0 Å². The van der Waals surface area contributed by atoms with Crippen LogP contribution in [0.1, 0.15) is 35.6 Å². The van der Waals surface area contributed by atoms with Crippen LogP contribution < -0.4 is 16.4 Å². The van der Waals surface area contributed by atoms with Crippen LogP contribution in [-0.4, -0.2) is 40.6 Å². The molecule has 1 aliphatic heterocycles. The maximum absolute atomic E-state index is 12.5. The van der Waals surface area contributed by atoms with Crippen LogP contribution in [0.25, 0.3) is 0 Å². The number of nitrogens with one attached hydrogen (secondary N) is 2. The molecule has 152 valence electrons. The van der Waals surface area contributed by atoms with E-state index in [0.29, 0.717) is 18.7 Å². The van der Waals surface area contributed by atoms with E-state index in [4.69, 9.17) is 5.73 Å². The zero-order valence-corrected chi connectivity index (χ0v) is 16.2. The number of anilines is 1. The molecule has 0 bridgehead atoms. The van der Waals surface area contributed by atoms with Gasteiger partial charge in [-0.05, 0) is 48.2 Å². The van der Waals surface area contributed by atoms with Crippen LogP contribution in [-0.2, 0) is 17.8 Å². The molecule has 0 saturated carbocycles. The molecular formula is C22H26N4O3. The van der Waals surface area contributed by atoms with Crippen LogP contribution in [0.3, 0.4) is 0 Å². The number of carbonyl (C=O) groups excluding carboxylic acids is 2. The normalized spacial score (nSPS) is 23.6. The Morgan fingerprint density at radius 3 is 2.83 bits per heavy atom. The average molecular weight is 394 g/mol. The first-order chi connectivity index (χ1) is 14.0. The lowest BCUT2D eigenvalue weighted by Gasteiger charge is -2.22. The van der Waals surface area contributed by atoms with E-state index in [1.54, 1.807) is 0 Å². The molecule has 0 spiro atoms. The highest BCUT2D eigenvalue weighted by molar-refractivity contribution is 5.89. The number of hydrogen-bond donors (Lipinski definition) is 4. The topological polar surface area (TPSA) is 108 Å². The number of benzene rings is 2. The fourth-order valence-electron chi connectivity index (χ4n) is 4.38. The molecule has 7 heteroatoms. The van der Waals surface area contributed by atoms with Crippen LogP contribution in [0.15, 0.2) is 48.5 Å². The summed E-state index contributed by atoms with van der Waals surface area (Å²) in [5, 5.41) is 16.0. The second-order valence-electron chi connectivity index (χ2n) is 7.78. The molecule has 1 saturated heterocycles. The maximum atomic E-state index is 12.5. The number of amides is 3. The Kier molecular flexibility index (Phi) is 5.51. The number of urea groups is 1. The number of rotatable bonds is 5. The Morgan fingerprint density at radius 1 is 1.17 bits per heavy atom. The van der Waals surface area contributed by atoms with Crippen molar-refractivity contribution in [1.82, 2.24) is 10.2 Å². The molecule has 0 aromatic heterocycles. The summed E-state index contributed by atoms with van der Waals surface area (Å²) in [5.74, 6) is -0.286. The van der Waals surface area contributed by atoms with Crippen molar-refractivity contribution in [2.45, 2.75) is 44.0 Å². The molecule has 1 fully saturated rings. The van der Waals surface area contributed by atoms with Gasteiger partial charge in [0.05, 0.1) is 18.2 Å². The third kappa shape index (κ3) is 4.26. The predicted octanol–water partition coefficient (Wildman–Crippen LogP) is 1.92. The molecule has 7 nitrogen and oxygen atoms in total. The summed E-state index contributed by atoms with van der Waals surface area (Å²) < 4.78 is 0. The van der Waals surface area contributed by atoms with Crippen LogP contribution in [0, 0.1) is 0 Å². The Balaban J connectivity index is 1.39. The zero-order valence-electron chi connectivity index (χ0n) is 16.2. The number of primary amides is 1. The van der Waals surface area contributed by atoms with E-state index in [9.17, 15) is 14.7 Å². The number of carbonyl (C=O) groups is 2. The molecule has 2 aliphatic rings. The second kappa shape index (κ2) is 8.23. The highest BCUT2D eigenvalue weighted by Crippen LogP contribution is 2.31. The standard InChI is InChI=1S/C22H26N4O3/c23-21(28)18-9-4-10-26(18)13-14-5-3-7-16(11-14)24-22(29)25-20-17-8-2-1-6-15(17)12-19(20)27/h1-3,5-8,11,18-20,27H,4,9-10,12-13H2,(H2,23,28)(H2,24,25,29)/t18?,19-,20+/m0/s1. The Labute approximate surface area is 169 Å². The molecule has 2 aromatic carbocycles. The highest BCUT2D eigenvalue weighted by atomic mass is 16.3. The quantitative estimate of drug-likeness (QED) is 0.621. The van der Waals surface area contributed by atoms with Crippen molar-refractivity contribution < 1.29 is 14.7 Å². The zero-order chi connectivity index (χ0) is 20.4. The predicted molar refractivity (Wildman–Crippen MR) is 110 cm³/mol. The van der Waals surface area contributed by atoms with Gasteiger partial charge in [0.1, 0.15) is 0 Å². The second-order valence-corrected chi connectivity index (χ2v) is 7.78. The fraction of sp³-hybridized carbons (Fsp3) is 0.364. The van der Waals surface area contributed by atoms with Gasteiger partial charge in [-0.15, -0.1) is 0 Å². The van der Waals surface area contributed by atoms with Gasteiger partial charge in [-0.3, -0.25) is 9.69 Å². The van der Waals surface area contributed by atoms with E-state index in [1.807, 2.05) is 48.5 Å². The van der Waals surface area contributed by atoms with Crippen molar-refractivity contribution in [2.24, 2.45) is 5.73 Å². The van der Waals surface area contributed by atoms with Crippen LogP contribution in [0.5, 0.6) is 0 Å². The monoisotopic (exact) mass is 394 g/mol. The van der Waals surface area contributed by atoms with Gasteiger partial charge in [0, 0.05) is 18.7 Å². The lowest BCUT2D eigenvalue weighted by atomic mass is 10.1. The Morgan fingerprint density at radius 2 is 2.00 bits per heavy atom. The first-order valence-electron chi connectivity index (χ1n) is 9.97. The number of aliphatic hydroxyl groups is 1. The van der Waals surface area contributed by atoms with E-state index < -0.39 is 12.1 Å². The molecule has 1 heterocycles. The third-order valence-electron chi connectivity index (χ3n) is 5.75. The van der Waals surface area contributed by atoms with Crippen LogP contribution in [0.4, 0.5) is 10.5 Å². The fourth-order valence-corrected chi connectivity index (χ4v) is 4.38. The molecule has 29 heavy (non-hydrogen) atoms. The number of likely N-dealkylation sites (tertiary alicyclic amines) is 1. The minimum Gasteiger partial charge on any atom is -0.390 e. The van der Waals surface area contributed by atoms with Crippen molar-refractivity contribution in [3.63, 3.8) is 0 Å². The van der Waals surface area contributed by atoms with E-state index in [-0.39, 0.29) is 18.0 Å². The van der Waals surface area contributed by atoms with E-state index in [2.05, 4.69) is 15.5 Å². The van der Waals surface area contributed by atoms with Crippen LogP contribution >= 0.6 is 0 Å². The summed E-state index contributed by atoms with van der Waals surface area (Å²) in [6.45, 7) is 1.45. The van der Waals surface area contributed by atoms with Gasteiger partial charge in [0.2, 0.25) is 5.91 Å². The molecule has 3 atom stereocenters. The number of hydrogen-bond acceptors (Lipinski definition) is 4. The van der Waals surface area contributed by atoms with Gasteiger partial charge >= 0.3 is 6.03 Å². The minimum atomic E-state index is -0.634. The minimum absolute atomic E-state index is 0.223. The Bertz CT molecular complexity index is 916. The molecule has 3 amide bonds. The van der Waals surface area contributed by atoms with Crippen molar-refractivity contribution in [3.8, 4) is 0 Å². The van der Waals surface area contributed by atoms with Gasteiger partial charge in [-0.1, -0.05) is 36.4 Å².